The van der Waals surface area contributed by atoms with Gasteiger partial charge in [-0.15, -0.1) is 11.3 Å². The number of aryl methyl sites for hydroxylation is 1. The van der Waals surface area contributed by atoms with E-state index < -0.39 is 12.4 Å². The molecule has 3 aromatic rings. The van der Waals surface area contributed by atoms with E-state index in [-0.39, 0.29) is 12.4 Å². The van der Waals surface area contributed by atoms with Crippen LogP contribution in [0.1, 0.15) is 10.6 Å². The maximum Gasteiger partial charge on any atom is 0.349 e. The molecule has 2 aromatic heterocycles. The van der Waals surface area contributed by atoms with Gasteiger partial charge in [0.2, 0.25) is 0 Å². The molecular formula is C18H19FN4O3S. The van der Waals surface area contributed by atoms with Gasteiger partial charge in [0.15, 0.2) is 11.5 Å². The van der Waals surface area contributed by atoms with Gasteiger partial charge in [-0.1, -0.05) is 0 Å². The summed E-state index contributed by atoms with van der Waals surface area (Å²) >= 11 is 1.50. The summed E-state index contributed by atoms with van der Waals surface area (Å²) in [6.07, 6.45) is 1.60. The lowest BCUT2D eigenvalue weighted by Gasteiger charge is -2.10. The zero-order valence-corrected chi connectivity index (χ0v) is 15.8. The summed E-state index contributed by atoms with van der Waals surface area (Å²) in [6.45, 7) is 1.61. The number of benzene rings is 1. The van der Waals surface area contributed by atoms with Gasteiger partial charge in [-0.3, -0.25) is 4.57 Å². The van der Waals surface area contributed by atoms with E-state index in [1.165, 1.54) is 23.0 Å². The number of hydrogen-bond donors (Lipinski definition) is 1. The van der Waals surface area contributed by atoms with E-state index >= 15 is 0 Å². The van der Waals surface area contributed by atoms with E-state index in [1.54, 1.807) is 24.4 Å². The van der Waals surface area contributed by atoms with Crippen molar-refractivity contribution in [3.05, 3.63) is 51.5 Å². The van der Waals surface area contributed by atoms with E-state index in [2.05, 4.69) is 9.97 Å². The number of anilines is 1. The van der Waals surface area contributed by atoms with Crippen LogP contribution in [-0.2, 0) is 6.54 Å². The van der Waals surface area contributed by atoms with E-state index in [1.807, 2.05) is 13.0 Å². The third-order valence-electron chi connectivity index (χ3n) is 3.85. The molecular weight excluding hydrogens is 371 g/mol. The van der Waals surface area contributed by atoms with Crippen molar-refractivity contribution in [1.29, 1.82) is 0 Å². The van der Waals surface area contributed by atoms with Gasteiger partial charge >= 0.3 is 5.69 Å². The molecule has 3 rings (SSSR count). The molecule has 2 heterocycles. The number of methoxy groups -OCH3 is 1. The van der Waals surface area contributed by atoms with Crippen LogP contribution in [0.4, 0.5) is 10.2 Å². The van der Waals surface area contributed by atoms with Crippen molar-refractivity contribution in [1.82, 2.24) is 14.5 Å². The van der Waals surface area contributed by atoms with E-state index in [4.69, 9.17) is 15.2 Å². The summed E-state index contributed by atoms with van der Waals surface area (Å²) in [4.78, 5) is 21.3. The summed E-state index contributed by atoms with van der Waals surface area (Å²) in [5.74, 6) is 1.17. The van der Waals surface area contributed by atoms with E-state index in [0.717, 1.165) is 21.1 Å². The second-order valence-corrected chi connectivity index (χ2v) is 6.89. The Morgan fingerprint density at radius 2 is 2.07 bits per heavy atom. The first kappa shape index (κ1) is 18.8. The molecule has 0 bridgehead atoms. The zero-order chi connectivity index (χ0) is 19.4. The van der Waals surface area contributed by atoms with Gasteiger partial charge in [0.1, 0.15) is 24.1 Å². The second kappa shape index (κ2) is 8.17. The highest BCUT2D eigenvalue weighted by molar-refractivity contribution is 7.15. The average molecular weight is 390 g/mol. The number of ether oxygens (including phenoxy) is 2. The molecule has 142 valence electrons. The molecule has 0 atom stereocenters. The maximum atomic E-state index is 12.4. The van der Waals surface area contributed by atoms with Crippen molar-refractivity contribution in [3.63, 3.8) is 0 Å². The number of nitrogens with zero attached hydrogens (tertiary/aromatic N) is 3. The molecule has 0 radical (unpaired) electrons. The normalized spacial score (nSPS) is 10.8. The van der Waals surface area contributed by atoms with Crippen LogP contribution in [0.5, 0.6) is 11.5 Å². The fourth-order valence-corrected chi connectivity index (χ4v) is 3.41. The van der Waals surface area contributed by atoms with Crippen LogP contribution in [0.25, 0.3) is 10.6 Å². The number of nitrogens with two attached hydrogens (primary N) is 1. The lowest BCUT2D eigenvalue weighted by Crippen LogP contribution is -2.23. The minimum atomic E-state index is -0.585. The van der Waals surface area contributed by atoms with Gasteiger partial charge in [0, 0.05) is 16.6 Å². The van der Waals surface area contributed by atoms with Crippen LogP contribution in [0, 0.1) is 6.92 Å². The van der Waals surface area contributed by atoms with Crippen molar-refractivity contribution < 1.29 is 13.9 Å². The van der Waals surface area contributed by atoms with Crippen LogP contribution >= 0.6 is 11.3 Å². The van der Waals surface area contributed by atoms with Crippen LogP contribution in [-0.4, -0.2) is 34.9 Å². The smallest absolute Gasteiger partial charge is 0.349 e. The number of halogens is 1. The monoisotopic (exact) mass is 390 g/mol. The SMILES string of the molecule is COc1ccc(-c2nc(Cn3ccc(N)nc3=O)c(C)s2)cc1OCCF. The summed E-state index contributed by atoms with van der Waals surface area (Å²) in [6, 6.07) is 6.96. The number of nitrogen functional groups attached to an aromatic ring is 1. The zero-order valence-electron chi connectivity index (χ0n) is 14.9. The standard InChI is InChI=1S/C18H19FN4O3S/c1-11-13(10-23-7-5-16(20)22-18(23)24)21-17(27-11)12-3-4-14(25-2)15(9-12)26-8-6-19/h3-5,7,9H,6,8,10H2,1-2H3,(H2,20,22,24). The quantitative estimate of drug-likeness (QED) is 0.667. The van der Waals surface area contributed by atoms with Gasteiger partial charge in [-0.05, 0) is 31.2 Å². The van der Waals surface area contributed by atoms with Crippen molar-refractivity contribution in [3.8, 4) is 22.1 Å². The van der Waals surface area contributed by atoms with Crippen molar-refractivity contribution >= 4 is 17.2 Å². The molecule has 9 heteroatoms. The highest BCUT2D eigenvalue weighted by atomic mass is 32.1. The Bertz CT molecular complexity index is 1000. The number of alkyl halides is 1. The first-order valence-corrected chi connectivity index (χ1v) is 9.00. The summed E-state index contributed by atoms with van der Waals surface area (Å²) in [5, 5.41) is 0.770. The van der Waals surface area contributed by atoms with Crippen LogP contribution in [0.3, 0.4) is 0 Å². The Labute approximate surface area is 159 Å². The number of aromatic nitrogens is 3. The molecule has 0 spiro atoms. The van der Waals surface area contributed by atoms with Gasteiger partial charge in [-0.25, -0.2) is 14.2 Å². The average Bonchev–Trinajstić information content (AvgIpc) is 3.02. The highest BCUT2D eigenvalue weighted by Crippen LogP contribution is 2.35. The van der Waals surface area contributed by atoms with Crippen molar-refractivity contribution in [2.75, 3.05) is 26.1 Å². The molecule has 0 aliphatic rings. The predicted molar refractivity (Wildman–Crippen MR) is 102 cm³/mol. The van der Waals surface area contributed by atoms with Crippen molar-refractivity contribution in [2.45, 2.75) is 13.5 Å². The summed E-state index contributed by atoms with van der Waals surface area (Å²) < 4.78 is 24.5. The largest absolute Gasteiger partial charge is 0.493 e. The summed E-state index contributed by atoms with van der Waals surface area (Å²) in [7, 11) is 1.53. The molecule has 27 heavy (non-hydrogen) atoms. The first-order valence-electron chi connectivity index (χ1n) is 8.18. The third-order valence-corrected chi connectivity index (χ3v) is 4.92. The molecule has 0 saturated heterocycles. The van der Waals surface area contributed by atoms with Crippen molar-refractivity contribution in [2.24, 2.45) is 0 Å². The Balaban J connectivity index is 1.90. The third kappa shape index (κ3) is 4.25. The van der Waals surface area contributed by atoms with Crippen LogP contribution < -0.4 is 20.9 Å². The van der Waals surface area contributed by atoms with Gasteiger partial charge in [-0.2, -0.15) is 4.98 Å². The molecule has 0 unspecified atom stereocenters. The maximum absolute atomic E-state index is 12.4. The van der Waals surface area contributed by atoms with Crippen LogP contribution in [0.2, 0.25) is 0 Å². The molecule has 2 N–H and O–H groups in total. The molecule has 0 fully saturated rings. The Morgan fingerprint density at radius 3 is 2.78 bits per heavy atom. The predicted octanol–water partition coefficient (Wildman–Crippen LogP) is 2.66. The van der Waals surface area contributed by atoms with Gasteiger partial charge in [0.05, 0.1) is 19.3 Å². The molecule has 0 aliphatic carbocycles. The lowest BCUT2D eigenvalue weighted by atomic mass is 10.2. The molecule has 7 nitrogen and oxygen atoms in total. The van der Waals surface area contributed by atoms with Crippen LogP contribution in [0.15, 0.2) is 35.3 Å². The Hall–Kier alpha value is -2.94. The number of hydrogen-bond acceptors (Lipinski definition) is 7. The minimum absolute atomic E-state index is 0.0466. The van der Waals surface area contributed by atoms with Gasteiger partial charge in [0.25, 0.3) is 0 Å². The fraction of sp³-hybridized carbons (Fsp3) is 0.278. The molecule has 0 amide bonds. The Morgan fingerprint density at radius 1 is 1.26 bits per heavy atom. The molecule has 1 aromatic carbocycles. The van der Waals surface area contributed by atoms with E-state index in [9.17, 15) is 9.18 Å². The fourth-order valence-electron chi connectivity index (χ4n) is 2.49. The minimum Gasteiger partial charge on any atom is -0.493 e. The molecule has 0 saturated carbocycles. The topological polar surface area (TPSA) is 92.3 Å². The Kier molecular flexibility index (Phi) is 5.70. The number of rotatable bonds is 7. The second-order valence-electron chi connectivity index (χ2n) is 5.69. The number of thiazole rings is 1. The highest BCUT2D eigenvalue weighted by Gasteiger charge is 2.14. The first-order chi connectivity index (χ1) is 13.0. The molecule has 0 aliphatic heterocycles. The van der Waals surface area contributed by atoms with E-state index in [0.29, 0.717) is 18.0 Å². The lowest BCUT2D eigenvalue weighted by molar-refractivity contribution is 0.260. The van der Waals surface area contributed by atoms with Gasteiger partial charge < -0.3 is 15.2 Å². The summed E-state index contributed by atoms with van der Waals surface area (Å²) in [5.41, 5.74) is 6.69.